The molecule has 4 heteroatoms. The second kappa shape index (κ2) is 5.33. The summed E-state index contributed by atoms with van der Waals surface area (Å²) < 4.78 is 12.8. The van der Waals surface area contributed by atoms with Gasteiger partial charge in [0.15, 0.2) is 11.5 Å². The highest BCUT2D eigenvalue weighted by Crippen LogP contribution is 2.46. The molecule has 3 nitrogen and oxygen atoms in total. The van der Waals surface area contributed by atoms with Crippen LogP contribution in [0.15, 0.2) is 10.5 Å². The minimum absolute atomic E-state index is 0.422. The molecule has 2 heterocycles. The summed E-state index contributed by atoms with van der Waals surface area (Å²) in [5.74, 6) is 2.25. The Kier molecular flexibility index (Phi) is 3.72. The van der Waals surface area contributed by atoms with Gasteiger partial charge in [0.05, 0.1) is 0 Å². The zero-order valence-electron chi connectivity index (χ0n) is 11.5. The van der Waals surface area contributed by atoms with Crippen LogP contribution in [0.25, 0.3) is 0 Å². The number of hydrogen-bond acceptors (Lipinski definition) is 3. The van der Waals surface area contributed by atoms with E-state index in [-0.39, 0.29) is 0 Å². The third-order valence-electron chi connectivity index (χ3n) is 3.85. The smallest absolute Gasteiger partial charge is 0.165 e. The largest absolute Gasteiger partial charge is 0.486 e. The van der Waals surface area contributed by atoms with Crippen LogP contribution in [0, 0.1) is 0 Å². The van der Waals surface area contributed by atoms with Crippen LogP contribution in [0.4, 0.5) is 0 Å². The Hall–Kier alpha value is -0.740. The van der Waals surface area contributed by atoms with Gasteiger partial charge in [-0.2, -0.15) is 0 Å². The van der Waals surface area contributed by atoms with Crippen molar-refractivity contribution in [1.29, 1.82) is 0 Å². The molecule has 3 rings (SSSR count). The average Bonchev–Trinajstić information content (AvgIpc) is 2.90. The minimum atomic E-state index is 0.422. The first kappa shape index (κ1) is 13.3. The highest BCUT2D eigenvalue weighted by atomic mass is 79.9. The maximum absolute atomic E-state index is 5.90. The van der Waals surface area contributed by atoms with E-state index in [0.717, 1.165) is 22.5 Å². The number of hydrogen-bond donors (Lipinski definition) is 1. The normalized spacial score (nSPS) is 22.0. The first-order chi connectivity index (χ1) is 9.18. The summed E-state index contributed by atoms with van der Waals surface area (Å²) in [5.41, 5.74) is 2.65. The summed E-state index contributed by atoms with van der Waals surface area (Å²) in [4.78, 5) is 0. The van der Waals surface area contributed by atoms with Crippen molar-refractivity contribution in [1.82, 2.24) is 5.32 Å². The lowest BCUT2D eigenvalue weighted by atomic mass is 9.90. The Morgan fingerprint density at radius 3 is 2.79 bits per heavy atom. The van der Waals surface area contributed by atoms with E-state index in [2.05, 4.69) is 41.2 Å². The Bertz CT molecular complexity index is 482. The molecule has 2 aliphatic rings. The van der Waals surface area contributed by atoms with Gasteiger partial charge >= 0.3 is 0 Å². The van der Waals surface area contributed by atoms with E-state index in [1.807, 2.05) is 0 Å². The maximum Gasteiger partial charge on any atom is 0.165 e. The molecule has 1 N–H and O–H groups in total. The topological polar surface area (TPSA) is 30.5 Å². The van der Waals surface area contributed by atoms with E-state index < -0.39 is 0 Å². The lowest BCUT2D eigenvalue weighted by Crippen LogP contribution is -2.21. The highest BCUT2D eigenvalue weighted by Gasteiger charge is 2.29. The van der Waals surface area contributed by atoms with Gasteiger partial charge in [0, 0.05) is 16.1 Å². The van der Waals surface area contributed by atoms with E-state index in [1.54, 1.807) is 0 Å². The van der Waals surface area contributed by atoms with E-state index in [4.69, 9.17) is 9.47 Å². The Labute approximate surface area is 122 Å². The van der Waals surface area contributed by atoms with Crippen molar-refractivity contribution in [2.24, 2.45) is 0 Å². The third kappa shape index (κ3) is 2.36. The molecule has 0 aromatic heterocycles. The molecule has 2 aliphatic heterocycles. The number of ether oxygens (including phenoxy) is 2. The SMILES string of the molecule is CC(C)c1c2c(cc(Br)c1C1CCCN1)OCCO2. The summed E-state index contributed by atoms with van der Waals surface area (Å²) in [5, 5.41) is 3.59. The van der Waals surface area contributed by atoms with Crippen LogP contribution in [0.5, 0.6) is 11.5 Å². The Balaban J connectivity index is 2.15. The van der Waals surface area contributed by atoms with Crippen molar-refractivity contribution in [2.75, 3.05) is 19.8 Å². The summed E-state index contributed by atoms with van der Waals surface area (Å²) >= 11 is 3.73. The van der Waals surface area contributed by atoms with Crippen molar-refractivity contribution in [2.45, 2.75) is 38.6 Å². The van der Waals surface area contributed by atoms with Gasteiger partial charge in [-0.25, -0.2) is 0 Å². The molecule has 1 atom stereocenters. The fraction of sp³-hybridized carbons (Fsp3) is 0.600. The van der Waals surface area contributed by atoms with E-state index >= 15 is 0 Å². The second-order valence-corrected chi connectivity index (χ2v) is 6.37. The molecule has 1 fully saturated rings. The van der Waals surface area contributed by atoms with Gasteiger partial charge in [-0.1, -0.05) is 29.8 Å². The monoisotopic (exact) mass is 325 g/mol. The zero-order chi connectivity index (χ0) is 13.4. The maximum atomic E-state index is 5.90. The molecule has 0 saturated carbocycles. The number of nitrogens with one attached hydrogen (secondary N) is 1. The molecule has 19 heavy (non-hydrogen) atoms. The quantitative estimate of drug-likeness (QED) is 0.897. The van der Waals surface area contributed by atoms with E-state index in [1.165, 1.54) is 24.0 Å². The summed E-state index contributed by atoms with van der Waals surface area (Å²) in [6.45, 7) is 6.82. The van der Waals surface area contributed by atoms with Crippen molar-refractivity contribution in [3.05, 3.63) is 21.7 Å². The van der Waals surface area contributed by atoms with Gasteiger partial charge in [0.2, 0.25) is 0 Å². The average molecular weight is 326 g/mol. The third-order valence-corrected chi connectivity index (χ3v) is 4.50. The molecule has 1 aromatic rings. The molecule has 0 spiro atoms. The number of rotatable bonds is 2. The molecular weight excluding hydrogens is 306 g/mol. The van der Waals surface area contributed by atoms with Crippen LogP contribution in [0.2, 0.25) is 0 Å². The van der Waals surface area contributed by atoms with Crippen molar-refractivity contribution in [3.8, 4) is 11.5 Å². The molecule has 0 bridgehead atoms. The van der Waals surface area contributed by atoms with Crippen molar-refractivity contribution < 1.29 is 9.47 Å². The van der Waals surface area contributed by atoms with Gasteiger partial charge in [0.1, 0.15) is 13.2 Å². The molecule has 1 saturated heterocycles. The van der Waals surface area contributed by atoms with Crippen LogP contribution in [0.3, 0.4) is 0 Å². The molecular formula is C15H20BrNO2. The second-order valence-electron chi connectivity index (χ2n) is 5.51. The van der Waals surface area contributed by atoms with Crippen LogP contribution in [-0.2, 0) is 0 Å². The van der Waals surface area contributed by atoms with Crippen molar-refractivity contribution >= 4 is 15.9 Å². The molecule has 0 amide bonds. The van der Waals surface area contributed by atoms with Gasteiger partial charge in [-0.15, -0.1) is 0 Å². The van der Waals surface area contributed by atoms with Gasteiger partial charge in [-0.05, 0) is 36.9 Å². The predicted molar refractivity (Wildman–Crippen MR) is 79.2 cm³/mol. The zero-order valence-corrected chi connectivity index (χ0v) is 13.0. The van der Waals surface area contributed by atoms with Crippen LogP contribution in [0.1, 0.15) is 49.8 Å². The number of halogens is 1. The van der Waals surface area contributed by atoms with Gasteiger partial charge < -0.3 is 14.8 Å². The van der Waals surface area contributed by atoms with Gasteiger partial charge in [-0.3, -0.25) is 0 Å². The molecule has 0 aliphatic carbocycles. The Morgan fingerprint density at radius 1 is 1.32 bits per heavy atom. The van der Waals surface area contributed by atoms with Crippen LogP contribution < -0.4 is 14.8 Å². The fourth-order valence-corrected chi connectivity index (χ4v) is 3.75. The fourth-order valence-electron chi connectivity index (χ4n) is 3.05. The number of fused-ring (bicyclic) bond motifs is 1. The lowest BCUT2D eigenvalue weighted by Gasteiger charge is -2.28. The predicted octanol–water partition coefficient (Wildman–Crippen LogP) is 3.77. The Morgan fingerprint density at radius 2 is 2.11 bits per heavy atom. The standard InChI is InChI=1S/C15H20BrNO2/c1-9(2)13-14(11-4-3-5-17-11)10(16)8-12-15(13)19-7-6-18-12/h8-9,11,17H,3-7H2,1-2H3. The summed E-state index contributed by atoms with van der Waals surface area (Å²) in [6, 6.07) is 2.50. The first-order valence-electron chi connectivity index (χ1n) is 7.03. The molecule has 0 radical (unpaired) electrons. The lowest BCUT2D eigenvalue weighted by molar-refractivity contribution is 0.169. The summed E-state index contributed by atoms with van der Waals surface area (Å²) in [7, 11) is 0. The summed E-state index contributed by atoms with van der Waals surface area (Å²) in [6.07, 6.45) is 2.43. The minimum Gasteiger partial charge on any atom is -0.486 e. The molecule has 1 unspecified atom stereocenters. The van der Waals surface area contributed by atoms with Crippen LogP contribution in [-0.4, -0.2) is 19.8 Å². The van der Waals surface area contributed by atoms with Gasteiger partial charge in [0.25, 0.3) is 0 Å². The van der Waals surface area contributed by atoms with E-state index in [9.17, 15) is 0 Å². The van der Waals surface area contributed by atoms with E-state index in [0.29, 0.717) is 25.2 Å². The van der Waals surface area contributed by atoms with Crippen molar-refractivity contribution in [3.63, 3.8) is 0 Å². The molecule has 1 aromatic carbocycles. The highest BCUT2D eigenvalue weighted by molar-refractivity contribution is 9.10. The number of benzene rings is 1. The molecule has 104 valence electrons. The van der Waals surface area contributed by atoms with Crippen LogP contribution >= 0.6 is 15.9 Å². The first-order valence-corrected chi connectivity index (χ1v) is 7.83.